The van der Waals surface area contributed by atoms with Crippen LogP contribution in [0, 0.1) is 6.92 Å². The highest BCUT2D eigenvalue weighted by molar-refractivity contribution is 5.97. The molecule has 0 bridgehead atoms. The van der Waals surface area contributed by atoms with Gasteiger partial charge in [-0.3, -0.25) is 9.89 Å². The molecule has 1 N–H and O–H groups in total. The summed E-state index contributed by atoms with van der Waals surface area (Å²) in [6.45, 7) is 4.07. The Morgan fingerprint density at radius 1 is 1.26 bits per heavy atom. The number of likely N-dealkylation sites (tertiary alicyclic amines) is 1. The van der Waals surface area contributed by atoms with Crippen LogP contribution in [0.5, 0.6) is 0 Å². The molecule has 0 radical (unpaired) electrons. The molecule has 2 aliphatic rings. The SMILES string of the molecule is Cc1[nH]nc2ncc(C(=O)N3CCC4(CC3)OCCc3ccccc34)cc12. The fraction of sp³-hybridized carbons (Fsp3) is 0.381. The Balaban J connectivity index is 1.37. The van der Waals surface area contributed by atoms with Gasteiger partial charge in [-0.05, 0) is 43.4 Å². The van der Waals surface area contributed by atoms with Crippen molar-refractivity contribution < 1.29 is 9.53 Å². The molecule has 0 aliphatic carbocycles. The highest BCUT2D eigenvalue weighted by atomic mass is 16.5. The van der Waals surface area contributed by atoms with Crippen LogP contribution in [0.15, 0.2) is 36.5 Å². The smallest absolute Gasteiger partial charge is 0.255 e. The van der Waals surface area contributed by atoms with Gasteiger partial charge in [0.25, 0.3) is 5.91 Å². The Morgan fingerprint density at radius 2 is 2.07 bits per heavy atom. The molecule has 6 nitrogen and oxygen atoms in total. The maximum Gasteiger partial charge on any atom is 0.255 e. The maximum absolute atomic E-state index is 13.0. The van der Waals surface area contributed by atoms with Gasteiger partial charge in [-0.25, -0.2) is 4.98 Å². The van der Waals surface area contributed by atoms with E-state index in [-0.39, 0.29) is 11.5 Å². The molecule has 1 spiro atoms. The van der Waals surface area contributed by atoms with Gasteiger partial charge >= 0.3 is 0 Å². The quantitative estimate of drug-likeness (QED) is 0.722. The summed E-state index contributed by atoms with van der Waals surface area (Å²) in [6.07, 6.45) is 4.25. The van der Waals surface area contributed by atoms with E-state index in [0.29, 0.717) is 24.3 Å². The Bertz CT molecular complexity index is 1020. The van der Waals surface area contributed by atoms with E-state index in [4.69, 9.17) is 4.74 Å². The van der Waals surface area contributed by atoms with E-state index in [9.17, 15) is 4.79 Å². The average molecular weight is 362 g/mol. The Kier molecular flexibility index (Phi) is 3.75. The third-order valence-electron chi connectivity index (χ3n) is 5.96. The highest BCUT2D eigenvalue weighted by Gasteiger charge is 2.41. The number of benzene rings is 1. The summed E-state index contributed by atoms with van der Waals surface area (Å²) in [7, 11) is 0. The normalized spacial score (nSPS) is 18.6. The summed E-state index contributed by atoms with van der Waals surface area (Å²) >= 11 is 0. The second-order valence-electron chi connectivity index (χ2n) is 7.49. The van der Waals surface area contributed by atoms with Crippen molar-refractivity contribution in [1.29, 1.82) is 0 Å². The van der Waals surface area contributed by atoms with Gasteiger partial charge < -0.3 is 9.64 Å². The minimum absolute atomic E-state index is 0.0314. The number of amides is 1. The van der Waals surface area contributed by atoms with Crippen LogP contribution >= 0.6 is 0 Å². The van der Waals surface area contributed by atoms with E-state index >= 15 is 0 Å². The molecule has 2 aliphatic heterocycles. The molecule has 4 heterocycles. The van der Waals surface area contributed by atoms with Gasteiger partial charge in [0.2, 0.25) is 0 Å². The number of aryl methyl sites for hydroxylation is 1. The Hall–Kier alpha value is -2.73. The molecule has 1 saturated heterocycles. The lowest BCUT2D eigenvalue weighted by molar-refractivity contribution is -0.0935. The van der Waals surface area contributed by atoms with Crippen molar-refractivity contribution in [2.75, 3.05) is 19.7 Å². The van der Waals surface area contributed by atoms with Crippen molar-refractivity contribution in [3.8, 4) is 0 Å². The first kappa shape index (κ1) is 16.4. The molecule has 0 atom stereocenters. The molecule has 3 aromatic rings. The number of fused-ring (bicyclic) bond motifs is 3. The lowest BCUT2D eigenvalue weighted by Gasteiger charge is -2.45. The Labute approximate surface area is 157 Å². The van der Waals surface area contributed by atoms with E-state index in [1.165, 1.54) is 11.1 Å². The first-order chi connectivity index (χ1) is 13.2. The van der Waals surface area contributed by atoms with E-state index in [1.807, 2.05) is 17.9 Å². The number of nitrogens with zero attached hydrogens (tertiary/aromatic N) is 3. The number of H-pyrrole nitrogens is 1. The van der Waals surface area contributed by atoms with Gasteiger partial charge in [0, 0.05) is 30.4 Å². The van der Waals surface area contributed by atoms with E-state index in [2.05, 4.69) is 39.4 Å². The van der Waals surface area contributed by atoms with Gasteiger partial charge in [-0.15, -0.1) is 0 Å². The molecule has 1 fully saturated rings. The lowest BCUT2D eigenvalue weighted by Crippen LogP contribution is -2.48. The second kappa shape index (κ2) is 6.16. The van der Waals surface area contributed by atoms with Crippen molar-refractivity contribution in [1.82, 2.24) is 20.1 Å². The summed E-state index contributed by atoms with van der Waals surface area (Å²) in [5.74, 6) is 0.0314. The topological polar surface area (TPSA) is 71.1 Å². The van der Waals surface area contributed by atoms with E-state index in [1.54, 1.807) is 6.20 Å². The number of rotatable bonds is 1. The number of pyridine rings is 1. The second-order valence-corrected chi connectivity index (χ2v) is 7.49. The monoisotopic (exact) mass is 362 g/mol. The fourth-order valence-corrected chi connectivity index (χ4v) is 4.42. The third kappa shape index (κ3) is 2.63. The lowest BCUT2D eigenvalue weighted by atomic mass is 9.79. The van der Waals surface area contributed by atoms with Gasteiger partial charge in [-0.2, -0.15) is 5.10 Å². The number of piperidine rings is 1. The number of hydrogen-bond acceptors (Lipinski definition) is 4. The zero-order valence-corrected chi connectivity index (χ0v) is 15.4. The summed E-state index contributed by atoms with van der Waals surface area (Å²) in [5, 5.41) is 7.95. The van der Waals surface area contributed by atoms with Gasteiger partial charge in [-0.1, -0.05) is 24.3 Å². The number of ether oxygens (including phenoxy) is 1. The van der Waals surface area contributed by atoms with Crippen LogP contribution in [0.3, 0.4) is 0 Å². The van der Waals surface area contributed by atoms with Gasteiger partial charge in [0.05, 0.1) is 17.8 Å². The molecule has 0 unspecified atom stereocenters. The highest BCUT2D eigenvalue weighted by Crippen LogP contribution is 2.41. The van der Waals surface area contributed by atoms with Crippen LogP contribution in [-0.2, 0) is 16.8 Å². The third-order valence-corrected chi connectivity index (χ3v) is 5.96. The zero-order chi connectivity index (χ0) is 18.4. The number of carbonyl (C=O) groups is 1. The van der Waals surface area contributed by atoms with Crippen LogP contribution in [-0.4, -0.2) is 45.7 Å². The predicted molar refractivity (Wildman–Crippen MR) is 102 cm³/mol. The first-order valence-electron chi connectivity index (χ1n) is 9.49. The molecule has 1 amide bonds. The van der Waals surface area contributed by atoms with Gasteiger partial charge in [0.1, 0.15) is 0 Å². The number of aromatic amines is 1. The molecule has 0 saturated carbocycles. The number of aromatic nitrogens is 3. The van der Waals surface area contributed by atoms with Crippen LogP contribution in [0.2, 0.25) is 0 Å². The molecule has 6 heteroatoms. The van der Waals surface area contributed by atoms with Gasteiger partial charge in [0.15, 0.2) is 5.65 Å². The molecule has 27 heavy (non-hydrogen) atoms. The summed E-state index contributed by atoms with van der Waals surface area (Å²) < 4.78 is 6.27. The number of hydrogen-bond donors (Lipinski definition) is 1. The fourth-order valence-electron chi connectivity index (χ4n) is 4.42. The molecule has 5 rings (SSSR count). The maximum atomic E-state index is 13.0. The number of nitrogens with one attached hydrogen (secondary N) is 1. The number of carbonyl (C=O) groups excluding carboxylic acids is 1. The minimum Gasteiger partial charge on any atom is -0.370 e. The summed E-state index contributed by atoms with van der Waals surface area (Å²) in [4.78, 5) is 19.2. The largest absolute Gasteiger partial charge is 0.370 e. The summed E-state index contributed by atoms with van der Waals surface area (Å²) in [6, 6.07) is 10.5. The summed E-state index contributed by atoms with van der Waals surface area (Å²) in [5.41, 5.74) is 4.64. The van der Waals surface area contributed by atoms with Crippen LogP contribution in [0.25, 0.3) is 11.0 Å². The van der Waals surface area contributed by atoms with E-state index < -0.39 is 0 Å². The van der Waals surface area contributed by atoms with Crippen molar-refractivity contribution in [2.45, 2.75) is 31.8 Å². The Morgan fingerprint density at radius 3 is 2.93 bits per heavy atom. The zero-order valence-electron chi connectivity index (χ0n) is 15.4. The predicted octanol–water partition coefficient (Wildman–Crippen LogP) is 2.97. The van der Waals surface area contributed by atoms with Crippen molar-refractivity contribution in [3.63, 3.8) is 0 Å². The molecular formula is C21H22N4O2. The van der Waals surface area contributed by atoms with Crippen LogP contribution in [0.4, 0.5) is 0 Å². The van der Waals surface area contributed by atoms with E-state index in [0.717, 1.165) is 36.9 Å². The standard InChI is InChI=1S/C21H22N4O2/c1-14-17-12-16(13-22-19(17)24-23-14)20(26)25-9-7-21(8-10-25)18-5-3-2-4-15(18)6-11-27-21/h2-5,12-13H,6-11H2,1H3,(H,22,23,24). The van der Waals surface area contributed by atoms with Crippen molar-refractivity contribution in [3.05, 3.63) is 58.9 Å². The van der Waals surface area contributed by atoms with Crippen molar-refractivity contribution in [2.24, 2.45) is 0 Å². The minimum atomic E-state index is -0.241. The molecule has 138 valence electrons. The average Bonchev–Trinajstić information content (AvgIpc) is 3.09. The van der Waals surface area contributed by atoms with Crippen molar-refractivity contribution >= 4 is 16.9 Å². The first-order valence-corrected chi connectivity index (χ1v) is 9.49. The molecule has 2 aromatic heterocycles. The molecular weight excluding hydrogens is 340 g/mol. The van der Waals surface area contributed by atoms with Crippen LogP contribution in [0.1, 0.15) is 40.0 Å². The van der Waals surface area contributed by atoms with Crippen LogP contribution < -0.4 is 0 Å². The molecule has 1 aromatic carbocycles.